The first-order chi connectivity index (χ1) is 11.8. The van der Waals surface area contributed by atoms with Gasteiger partial charge in [0.1, 0.15) is 0 Å². The minimum Gasteiger partial charge on any atom is -0.478 e. The average molecular weight is 347 g/mol. The van der Waals surface area contributed by atoms with Gasteiger partial charge in [0.2, 0.25) is 5.88 Å². The molecular weight excluding hydrogens is 315 g/mol. The molecule has 0 spiro atoms. The van der Waals surface area contributed by atoms with E-state index < -0.39 is 11.2 Å². The van der Waals surface area contributed by atoms with Crippen LogP contribution in [0.4, 0.5) is 0 Å². The van der Waals surface area contributed by atoms with Gasteiger partial charge in [-0.2, -0.15) is 0 Å². The zero-order chi connectivity index (χ0) is 18.3. The standard InChI is InChI=1S/C19H32BN2O3/c1-18(2,23)19(3,4)25-20-16-9-10-17(21-15-16)24-14-8-13-22-11-6-5-7-12-22/h9-10,15,23H,5-8,11-14H2,1-4H3. The molecule has 0 bridgehead atoms. The Morgan fingerprint density at radius 3 is 2.48 bits per heavy atom. The van der Waals surface area contributed by atoms with Crippen LogP contribution in [-0.4, -0.2) is 59.9 Å². The van der Waals surface area contributed by atoms with E-state index in [2.05, 4.69) is 9.88 Å². The molecule has 2 heterocycles. The Hall–Kier alpha value is -1.11. The number of hydrogen-bond acceptors (Lipinski definition) is 5. The summed E-state index contributed by atoms with van der Waals surface area (Å²) in [6.07, 6.45) is 6.77. The van der Waals surface area contributed by atoms with Crippen LogP contribution in [0.1, 0.15) is 53.4 Å². The summed E-state index contributed by atoms with van der Waals surface area (Å²) in [5, 5.41) is 10.1. The van der Waals surface area contributed by atoms with Gasteiger partial charge in [0.05, 0.1) is 17.8 Å². The third-order valence-corrected chi connectivity index (χ3v) is 5.04. The van der Waals surface area contributed by atoms with E-state index in [0.717, 1.165) is 18.4 Å². The molecule has 139 valence electrons. The van der Waals surface area contributed by atoms with Crippen molar-refractivity contribution in [1.82, 2.24) is 9.88 Å². The first-order valence-electron chi connectivity index (χ1n) is 9.32. The molecule has 5 nitrogen and oxygen atoms in total. The summed E-state index contributed by atoms with van der Waals surface area (Å²) in [6.45, 7) is 11.4. The summed E-state index contributed by atoms with van der Waals surface area (Å²) in [5.74, 6) is 0.637. The molecule has 0 aromatic carbocycles. The molecule has 0 unspecified atom stereocenters. The van der Waals surface area contributed by atoms with Crippen LogP contribution in [0, 0.1) is 0 Å². The number of pyridine rings is 1. The molecule has 0 saturated carbocycles. The number of piperidine rings is 1. The molecule has 1 saturated heterocycles. The van der Waals surface area contributed by atoms with Crippen LogP contribution in [0.3, 0.4) is 0 Å². The zero-order valence-corrected chi connectivity index (χ0v) is 16.1. The van der Waals surface area contributed by atoms with Gasteiger partial charge in [-0.05, 0) is 71.6 Å². The van der Waals surface area contributed by atoms with Crippen molar-refractivity contribution in [2.24, 2.45) is 0 Å². The molecule has 1 N–H and O–H groups in total. The SMILES string of the molecule is CC(C)(O)C(C)(C)O[B]c1ccc(OCCCN2CCCCC2)nc1. The molecular formula is C19H32BN2O3. The topological polar surface area (TPSA) is 54.8 Å². The summed E-state index contributed by atoms with van der Waals surface area (Å²) in [6, 6.07) is 3.76. The lowest BCUT2D eigenvalue weighted by Gasteiger charge is -2.37. The van der Waals surface area contributed by atoms with Gasteiger partial charge in [0.15, 0.2) is 0 Å². The number of ether oxygens (including phenoxy) is 1. The van der Waals surface area contributed by atoms with Gasteiger partial charge in [-0.1, -0.05) is 12.5 Å². The van der Waals surface area contributed by atoms with Crippen LogP contribution < -0.4 is 10.2 Å². The second kappa shape index (κ2) is 9.01. The molecule has 0 aliphatic carbocycles. The molecule has 25 heavy (non-hydrogen) atoms. The lowest BCUT2D eigenvalue weighted by atomic mass is 9.83. The van der Waals surface area contributed by atoms with Gasteiger partial charge < -0.3 is 19.4 Å². The Bertz CT molecular complexity index is 508. The highest BCUT2D eigenvalue weighted by Gasteiger charge is 2.35. The van der Waals surface area contributed by atoms with Gasteiger partial charge in [-0.3, -0.25) is 0 Å². The molecule has 2 rings (SSSR count). The van der Waals surface area contributed by atoms with Crippen molar-refractivity contribution in [2.45, 2.75) is 64.6 Å². The first kappa shape index (κ1) is 20.2. The van der Waals surface area contributed by atoms with Crippen LogP contribution in [0.5, 0.6) is 5.88 Å². The molecule has 1 fully saturated rings. The molecule has 1 aromatic rings. The molecule has 1 aliphatic heterocycles. The minimum absolute atomic E-state index is 0.637. The summed E-state index contributed by atoms with van der Waals surface area (Å²) in [5.41, 5.74) is -0.775. The van der Waals surface area contributed by atoms with Crippen molar-refractivity contribution in [1.29, 1.82) is 0 Å². The van der Waals surface area contributed by atoms with E-state index >= 15 is 0 Å². The Kier molecular flexibility index (Phi) is 7.29. The average Bonchev–Trinajstić information content (AvgIpc) is 2.58. The van der Waals surface area contributed by atoms with E-state index in [1.807, 2.05) is 26.0 Å². The van der Waals surface area contributed by atoms with Crippen LogP contribution in [-0.2, 0) is 4.65 Å². The van der Waals surface area contributed by atoms with E-state index in [1.54, 1.807) is 27.5 Å². The summed E-state index contributed by atoms with van der Waals surface area (Å²) >= 11 is 0. The highest BCUT2D eigenvalue weighted by Crippen LogP contribution is 2.24. The van der Waals surface area contributed by atoms with Crippen LogP contribution >= 0.6 is 0 Å². The molecule has 1 aliphatic rings. The van der Waals surface area contributed by atoms with E-state index in [-0.39, 0.29) is 0 Å². The van der Waals surface area contributed by atoms with Gasteiger partial charge >= 0.3 is 7.48 Å². The van der Waals surface area contributed by atoms with Gasteiger partial charge in [0.25, 0.3) is 0 Å². The molecule has 1 aromatic heterocycles. The quantitative estimate of drug-likeness (QED) is 0.548. The van der Waals surface area contributed by atoms with Gasteiger partial charge in [-0.15, -0.1) is 0 Å². The van der Waals surface area contributed by atoms with E-state index in [1.165, 1.54) is 32.4 Å². The second-order valence-electron chi connectivity index (χ2n) is 7.84. The van der Waals surface area contributed by atoms with Crippen molar-refractivity contribution in [3.05, 3.63) is 18.3 Å². The zero-order valence-electron chi connectivity index (χ0n) is 16.1. The smallest absolute Gasteiger partial charge is 0.332 e. The maximum atomic E-state index is 10.1. The molecule has 1 radical (unpaired) electrons. The van der Waals surface area contributed by atoms with Crippen LogP contribution in [0.2, 0.25) is 0 Å². The van der Waals surface area contributed by atoms with Crippen molar-refractivity contribution >= 4 is 12.9 Å². The van der Waals surface area contributed by atoms with Crippen molar-refractivity contribution < 1.29 is 14.5 Å². The predicted octanol–water partition coefficient (Wildman–Crippen LogP) is 2.15. The number of nitrogens with zero attached hydrogens (tertiary/aromatic N) is 2. The van der Waals surface area contributed by atoms with Gasteiger partial charge in [-0.25, -0.2) is 4.98 Å². The third-order valence-electron chi connectivity index (χ3n) is 5.04. The summed E-state index contributed by atoms with van der Waals surface area (Å²) in [7, 11) is 1.63. The number of aliphatic hydroxyl groups is 1. The third kappa shape index (κ3) is 6.61. The largest absolute Gasteiger partial charge is 0.478 e. The predicted molar refractivity (Wildman–Crippen MR) is 101 cm³/mol. The summed E-state index contributed by atoms with van der Waals surface area (Å²) in [4.78, 5) is 6.83. The lowest BCUT2D eigenvalue weighted by Crippen LogP contribution is -2.49. The van der Waals surface area contributed by atoms with E-state index in [0.29, 0.717) is 12.5 Å². The normalized spacial score (nSPS) is 16.7. The van der Waals surface area contributed by atoms with Gasteiger partial charge in [0, 0.05) is 12.7 Å². The van der Waals surface area contributed by atoms with Crippen molar-refractivity contribution in [2.75, 3.05) is 26.2 Å². The Morgan fingerprint density at radius 1 is 1.16 bits per heavy atom. The second-order valence-corrected chi connectivity index (χ2v) is 7.84. The Morgan fingerprint density at radius 2 is 1.88 bits per heavy atom. The number of hydrogen-bond donors (Lipinski definition) is 1. The monoisotopic (exact) mass is 347 g/mol. The van der Waals surface area contributed by atoms with E-state index in [9.17, 15) is 5.11 Å². The van der Waals surface area contributed by atoms with Crippen LogP contribution in [0.15, 0.2) is 18.3 Å². The lowest BCUT2D eigenvalue weighted by molar-refractivity contribution is -0.0893. The molecule has 0 amide bonds. The minimum atomic E-state index is -0.936. The Labute approximate surface area is 153 Å². The molecule has 0 atom stereocenters. The summed E-state index contributed by atoms with van der Waals surface area (Å²) < 4.78 is 11.4. The highest BCUT2D eigenvalue weighted by atomic mass is 16.5. The first-order valence-corrected chi connectivity index (χ1v) is 9.32. The number of rotatable bonds is 9. The highest BCUT2D eigenvalue weighted by molar-refractivity contribution is 6.46. The Balaban J connectivity index is 1.69. The van der Waals surface area contributed by atoms with Crippen molar-refractivity contribution in [3.8, 4) is 5.88 Å². The van der Waals surface area contributed by atoms with Crippen molar-refractivity contribution in [3.63, 3.8) is 0 Å². The molecule has 6 heteroatoms. The fourth-order valence-electron chi connectivity index (χ4n) is 2.55. The fourth-order valence-corrected chi connectivity index (χ4v) is 2.55. The number of aromatic nitrogens is 1. The van der Waals surface area contributed by atoms with Crippen LogP contribution in [0.25, 0.3) is 0 Å². The fraction of sp³-hybridized carbons (Fsp3) is 0.737. The maximum absolute atomic E-state index is 10.1. The number of likely N-dealkylation sites (tertiary alicyclic amines) is 1. The van der Waals surface area contributed by atoms with E-state index in [4.69, 9.17) is 9.39 Å². The maximum Gasteiger partial charge on any atom is 0.332 e.